The number of nitrogens with one attached hydrogen (secondary N) is 1. The first-order valence-corrected chi connectivity index (χ1v) is 6.21. The van der Waals surface area contributed by atoms with Crippen molar-refractivity contribution in [3.05, 3.63) is 53.9 Å². The van der Waals surface area contributed by atoms with Crippen LogP contribution in [0.1, 0.15) is 16.1 Å². The number of carbonyl (C=O) groups excluding carboxylic acids is 2. The maximum atomic E-state index is 11.7. The number of rotatable bonds is 4. The van der Waals surface area contributed by atoms with Gasteiger partial charge in [0, 0.05) is 18.9 Å². The highest BCUT2D eigenvalue weighted by molar-refractivity contribution is 5.95. The molecule has 2 rings (SSSR count). The van der Waals surface area contributed by atoms with Crippen molar-refractivity contribution in [3.8, 4) is 0 Å². The largest absolute Gasteiger partial charge is 0.451 e. The van der Waals surface area contributed by atoms with E-state index in [9.17, 15) is 9.59 Å². The molecule has 0 aliphatic carbocycles. The summed E-state index contributed by atoms with van der Waals surface area (Å²) in [5.41, 5.74) is 2.14. The lowest BCUT2D eigenvalue weighted by Crippen LogP contribution is -2.21. The predicted octanol–water partition coefficient (Wildman–Crippen LogP) is 2.13. The van der Waals surface area contributed by atoms with E-state index in [0.29, 0.717) is 11.4 Å². The van der Waals surface area contributed by atoms with Crippen molar-refractivity contribution in [2.24, 2.45) is 7.05 Å². The van der Waals surface area contributed by atoms with Crippen LogP contribution in [0.25, 0.3) is 0 Å². The molecule has 1 amide bonds. The second-order valence-corrected chi connectivity index (χ2v) is 4.50. The highest BCUT2D eigenvalue weighted by atomic mass is 16.5. The number of anilines is 1. The summed E-state index contributed by atoms with van der Waals surface area (Å²) in [6, 6.07) is 10.8. The van der Waals surface area contributed by atoms with Crippen LogP contribution in [-0.4, -0.2) is 23.1 Å². The molecular weight excluding hydrogens is 256 g/mol. The minimum Gasteiger partial charge on any atom is -0.451 e. The zero-order valence-corrected chi connectivity index (χ0v) is 11.4. The summed E-state index contributed by atoms with van der Waals surface area (Å²) < 4.78 is 6.60. The molecule has 1 aromatic carbocycles. The monoisotopic (exact) mass is 272 g/mol. The summed E-state index contributed by atoms with van der Waals surface area (Å²) in [5, 5.41) is 2.68. The number of hydrogen-bond donors (Lipinski definition) is 1. The number of ether oxygens (including phenoxy) is 1. The van der Waals surface area contributed by atoms with E-state index in [1.54, 1.807) is 36.0 Å². The molecule has 20 heavy (non-hydrogen) atoms. The second-order valence-electron chi connectivity index (χ2n) is 4.50. The summed E-state index contributed by atoms with van der Waals surface area (Å²) in [6.45, 7) is 1.63. The number of amides is 1. The summed E-state index contributed by atoms with van der Waals surface area (Å²) in [6.07, 6.45) is 1.74. The Morgan fingerprint density at radius 1 is 1.25 bits per heavy atom. The van der Waals surface area contributed by atoms with Gasteiger partial charge in [-0.15, -0.1) is 0 Å². The molecule has 0 bridgehead atoms. The molecule has 0 aliphatic rings. The number of benzene rings is 1. The zero-order chi connectivity index (χ0) is 14.5. The van der Waals surface area contributed by atoms with Gasteiger partial charge in [0.05, 0.1) is 0 Å². The lowest BCUT2D eigenvalue weighted by molar-refractivity contribution is -0.119. The number of aryl methyl sites for hydroxylation is 2. The van der Waals surface area contributed by atoms with E-state index in [1.807, 2.05) is 25.1 Å². The van der Waals surface area contributed by atoms with E-state index < -0.39 is 5.97 Å². The molecule has 5 heteroatoms. The Kier molecular flexibility index (Phi) is 4.20. The van der Waals surface area contributed by atoms with E-state index in [0.717, 1.165) is 5.56 Å². The number of esters is 1. The third-order valence-electron chi connectivity index (χ3n) is 2.79. The average Bonchev–Trinajstić information content (AvgIpc) is 2.82. The fraction of sp³-hybridized carbons (Fsp3) is 0.200. The van der Waals surface area contributed by atoms with Crippen molar-refractivity contribution in [2.75, 3.05) is 11.9 Å². The normalized spacial score (nSPS) is 10.1. The molecule has 0 unspecified atom stereocenters. The second kappa shape index (κ2) is 6.06. The van der Waals surface area contributed by atoms with E-state index in [-0.39, 0.29) is 12.5 Å². The fourth-order valence-corrected chi connectivity index (χ4v) is 1.80. The molecule has 1 heterocycles. The fourth-order valence-electron chi connectivity index (χ4n) is 1.80. The van der Waals surface area contributed by atoms with Gasteiger partial charge in [-0.1, -0.05) is 12.1 Å². The molecule has 2 aromatic rings. The topological polar surface area (TPSA) is 60.3 Å². The van der Waals surface area contributed by atoms with E-state index in [4.69, 9.17) is 4.74 Å². The molecule has 0 saturated heterocycles. The molecule has 0 aliphatic heterocycles. The van der Waals surface area contributed by atoms with Crippen LogP contribution < -0.4 is 5.32 Å². The lowest BCUT2D eigenvalue weighted by atomic mass is 10.2. The van der Waals surface area contributed by atoms with Crippen molar-refractivity contribution in [1.29, 1.82) is 0 Å². The van der Waals surface area contributed by atoms with Gasteiger partial charge in [-0.25, -0.2) is 4.79 Å². The van der Waals surface area contributed by atoms with Crippen LogP contribution in [0.4, 0.5) is 5.69 Å². The van der Waals surface area contributed by atoms with Gasteiger partial charge in [-0.05, 0) is 36.8 Å². The Balaban J connectivity index is 1.87. The lowest BCUT2D eigenvalue weighted by Gasteiger charge is -2.07. The smallest absolute Gasteiger partial charge is 0.355 e. The molecule has 0 radical (unpaired) electrons. The molecule has 104 valence electrons. The Morgan fingerprint density at radius 3 is 2.70 bits per heavy atom. The quantitative estimate of drug-likeness (QED) is 0.867. The van der Waals surface area contributed by atoms with Gasteiger partial charge in [0.15, 0.2) is 6.61 Å². The van der Waals surface area contributed by atoms with Gasteiger partial charge in [0.25, 0.3) is 5.91 Å². The number of hydrogen-bond acceptors (Lipinski definition) is 3. The van der Waals surface area contributed by atoms with E-state index in [2.05, 4.69) is 5.32 Å². The molecule has 1 aromatic heterocycles. The first-order chi connectivity index (χ1) is 9.56. The van der Waals surface area contributed by atoms with Crippen molar-refractivity contribution in [2.45, 2.75) is 6.92 Å². The van der Waals surface area contributed by atoms with Gasteiger partial charge >= 0.3 is 5.97 Å². The maximum Gasteiger partial charge on any atom is 0.355 e. The number of nitrogens with zero attached hydrogens (tertiary/aromatic N) is 1. The Hall–Kier alpha value is -2.56. The summed E-state index contributed by atoms with van der Waals surface area (Å²) >= 11 is 0. The van der Waals surface area contributed by atoms with Gasteiger partial charge in [-0.3, -0.25) is 4.79 Å². The van der Waals surface area contributed by atoms with Crippen LogP contribution in [0.2, 0.25) is 0 Å². The Labute approximate surface area is 117 Å². The number of carbonyl (C=O) groups is 2. The standard InChI is InChI=1S/C15H16N2O3/c1-11-5-3-6-12(9-11)16-14(18)10-20-15(19)13-7-4-8-17(13)2/h3-9H,10H2,1-2H3,(H,16,18). The Morgan fingerprint density at radius 2 is 2.05 bits per heavy atom. The van der Waals surface area contributed by atoms with Crippen LogP contribution in [0.15, 0.2) is 42.6 Å². The average molecular weight is 272 g/mol. The molecule has 5 nitrogen and oxygen atoms in total. The van der Waals surface area contributed by atoms with Crippen molar-refractivity contribution in [3.63, 3.8) is 0 Å². The van der Waals surface area contributed by atoms with Crippen LogP contribution in [0.5, 0.6) is 0 Å². The van der Waals surface area contributed by atoms with Crippen LogP contribution in [0, 0.1) is 6.92 Å². The van der Waals surface area contributed by atoms with E-state index >= 15 is 0 Å². The molecule has 0 atom stereocenters. The third kappa shape index (κ3) is 3.47. The summed E-state index contributed by atoms with van der Waals surface area (Å²) in [4.78, 5) is 23.4. The van der Waals surface area contributed by atoms with Gasteiger partial charge < -0.3 is 14.6 Å². The molecule has 0 fully saturated rings. The molecular formula is C15H16N2O3. The molecule has 1 N–H and O–H groups in total. The summed E-state index contributed by atoms with van der Waals surface area (Å²) in [7, 11) is 1.74. The zero-order valence-electron chi connectivity index (χ0n) is 11.4. The van der Waals surface area contributed by atoms with Crippen molar-refractivity contribution < 1.29 is 14.3 Å². The molecule has 0 saturated carbocycles. The van der Waals surface area contributed by atoms with E-state index in [1.165, 1.54) is 0 Å². The highest BCUT2D eigenvalue weighted by Gasteiger charge is 2.12. The highest BCUT2D eigenvalue weighted by Crippen LogP contribution is 2.09. The van der Waals surface area contributed by atoms with Crippen molar-refractivity contribution in [1.82, 2.24) is 4.57 Å². The first kappa shape index (κ1) is 13.9. The predicted molar refractivity (Wildman–Crippen MR) is 75.5 cm³/mol. The van der Waals surface area contributed by atoms with Crippen LogP contribution in [0.3, 0.4) is 0 Å². The minimum atomic E-state index is -0.517. The van der Waals surface area contributed by atoms with Crippen LogP contribution in [-0.2, 0) is 16.6 Å². The summed E-state index contributed by atoms with van der Waals surface area (Å²) in [5.74, 6) is -0.880. The maximum absolute atomic E-state index is 11.7. The Bertz CT molecular complexity index is 632. The minimum absolute atomic E-state index is 0.308. The molecule has 0 spiro atoms. The SMILES string of the molecule is Cc1cccc(NC(=O)COC(=O)c2cccn2C)c1. The third-order valence-corrected chi connectivity index (χ3v) is 2.79. The van der Waals surface area contributed by atoms with Gasteiger partial charge in [0.2, 0.25) is 0 Å². The van der Waals surface area contributed by atoms with Crippen molar-refractivity contribution >= 4 is 17.6 Å². The van der Waals surface area contributed by atoms with Gasteiger partial charge in [0.1, 0.15) is 5.69 Å². The number of aromatic nitrogens is 1. The first-order valence-electron chi connectivity index (χ1n) is 6.21. The van der Waals surface area contributed by atoms with Crippen LogP contribution >= 0.6 is 0 Å². The van der Waals surface area contributed by atoms with Gasteiger partial charge in [-0.2, -0.15) is 0 Å².